The largest absolute Gasteiger partial charge is 0.493 e. The molecule has 1 radical (unpaired) electrons. The van der Waals surface area contributed by atoms with Crippen LogP contribution in [0.4, 0.5) is 0 Å². The number of rotatable bonds is 4. The maximum Gasteiger partial charge on any atom is 0.162 e. The van der Waals surface area contributed by atoms with Crippen LogP contribution in [0.15, 0.2) is 35.9 Å². The quantitative estimate of drug-likeness (QED) is 0.778. The summed E-state index contributed by atoms with van der Waals surface area (Å²) in [5.41, 5.74) is 3.87. The topological polar surface area (TPSA) is 18.5 Å². The van der Waals surface area contributed by atoms with Crippen LogP contribution in [0.25, 0.3) is 5.57 Å². The zero-order valence-corrected chi connectivity index (χ0v) is 12.9. The van der Waals surface area contributed by atoms with Gasteiger partial charge in [0, 0.05) is 0 Å². The molecular weight excluding hydrogens is 260 g/mol. The first kappa shape index (κ1) is 14.2. The molecular formula is C19H23O2. The molecule has 1 fully saturated rings. The van der Waals surface area contributed by atoms with E-state index in [1.165, 1.54) is 29.6 Å². The van der Waals surface area contributed by atoms with E-state index >= 15 is 0 Å². The van der Waals surface area contributed by atoms with Crippen molar-refractivity contribution in [3.8, 4) is 11.5 Å². The van der Waals surface area contributed by atoms with Crippen molar-refractivity contribution in [2.24, 2.45) is 0 Å². The molecule has 1 saturated carbocycles. The van der Waals surface area contributed by atoms with Crippen molar-refractivity contribution < 1.29 is 9.47 Å². The summed E-state index contributed by atoms with van der Waals surface area (Å²) < 4.78 is 11.6. The molecule has 0 N–H and O–H groups in total. The third-order valence-corrected chi connectivity index (χ3v) is 4.25. The summed E-state index contributed by atoms with van der Waals surface area (Å²) in [6, 6.07) is 6.28. The van der Waals surface area contributed by atoms with Crippen molar-refractivity contribution in [3.05, 3.63) is 47.9 Å². The van der Waals surface area contributed by atoms with Crippen molar-refractivity contribution in [1.82, 2.24) is 0 Å². The van der Waals surface area contributed by atoms with Gasteiger partial charge in [-0.3, -0.25) is 0 Å². The van der Waals surface area contributed by atoms with Crippen LogP contribution in [0, 0.1) is 6.42 Å². The Balaban J connectivity index is 1.87. The van der Waals surface area contributed by atoms with E-state index in [0.717, 1.165) is 30.8 Å². The van der Waals surface area contributed by atoms with Crippen LogP contribution >= 0.6 is 0 Å². The van der Waals surface area contributed by atoms with Crippen LogP contribution in [-0.4, -0.2) is 13.2 Å². The minimum atomic E-state index is 0.350. The number of benzene rings is 1. The van der Waals surface area contributed by atoms with E-state index in [-0.39, 0.29) is 0 Å². The van der Waals surface area contributed by atoms with Gasteiger partial charge in [-0.25, -0.2) is 0 Å². The minimum Gasteiger partial charge on any atom is -0.493 e. The van der Waals surface area contributed by atoms with Gasteiger partial charge in [0.2, 0.25) is 0 Å². The number of hydrogen-bond donors (Lipinski definition) is 0. The number of ether oxygens (including phenoxy) is 2. The van der Waals surface area contributed by atoms with Gasteiger partial charge in [0.1, 0.15) is 0 Å². The molecule has 21 heavy (non-hydrogen) atoms. The first-order chi connectivity index (χ1) is 10.3. The molecule has 0 amide bonds. The average molecular weight is 283 g/mol. The lowest BCUT2D eigenvalue weighted by molar-refractivity contribution is 0.200. The number of hydrogen-bond acceptors (Lipinski definition) is 2. The van der Waals surface area contributed by atoms with Gasteiger partial charge >= 0.3 is 0 Å². The highest BCUT2D eigenvalue weighted by molar-refractivity contribution is 5.72. The zero-order valence-electron chi connectivity index (χ0n) is 12.9. The predicted octanol–water partition coefficient (Wildman–Crippen LogP) is 4.95. The monoisotopic (exact) mass is 283 g/mol. The molecule has 111 valence electrons. The normalized spacial score (nSPS) is 19.1. The summed E-state index contributed by atoms with van der Waals surface area (Å²) in [4.78, 5) is 0. The second kappa shape index (κ2) is 6.38. The second-order valence-corrected chi connectivity index (χ2v) is 5.91. The van der Waals surface area contributed by atoms with Gasteiger partial charge in [0.25, 0.3) is 0 Å². The molecule has 0 saturated heterocycles. The Morgan fingerprint density at radius 3 is 2.62 bits per heavy atom. The molecule has 0 aromatic heterocycles. The Labute approximate surface area is 127 Å². The van der Waals surface area contributed by atoms with Gasteiger partial charge in [-0.2, -0.15) is 0 Å². The third-order valence-electron chi connectivity index (χ3n) is 4.25. The van der Waals surface area contributed by atoms with Crippen LogP contribution in [0.2, 0.25) is 0 Å². The van der Waals surface area contributed by atoms with Crippen molar-refractivity contribution in [3.63, 3.8) is 0 Å². The highest BCUT2D eigenvalue weighted by Crippen LogP contribution is 2.36. The van der Waals surface area contributed by atoms with Crippen molar-refractivity contribution in [2.45, 2.75) is 45.1 Å². The molecule has 2 nitrogen and oxygen atoms in total. The lowest BCUT2D eigenvalue weighted by Crippen LogP contribution is -2.11. The molecule has 2 heteroatoms. The molecule has 0 bridgehead atoms. The minimum absolute atomic E-state index is 0.350. The van der Waals surface area contributed by atoms with E-state index in [4.69, 9.17) is 9.47 Å². The maximum absolute atomic E-state index is 6.18. The zero-order chi connectivity index (χ0) is 14.7. The SMILES string of the molecule is COc1ccc(C2=CC(C)=C[CH]C2)cc1OC1CCCC1. The highest BCUT2D eigenvalue weighted by atomic mass is 16.5. The van der Waals surface area contributed by atoms with Gasteiger partial charge in [-0.05, 0) is 68.7 Å². The molecule has 0 spiro atoms. The maximum atomic E-state index is 6.18. The first-order valence-electron chi connectivity index (χ1n) is 7.82. The Morgan fingerprint density at radius 2 is 1.90 bits per heavy atom. The van der Waals surface area contributed by atoms with Gasteiger partial charge in [0.15, 0.2) is 11.5 Å². The number of allylic oxidation sites excluding steroid dienone is 4. The summed E-state index contributed by atoms with van der Waals surface area (Å²) in [5, 5.41) is 0. The van der Waals surface area contributed by atoms with Crippen LogP contribution in [-0.2, 0) is 0 Å². The smallest absolute Gasteiger partial charge is 0.162 e. The van der Waals surface area contributed by atoms with E-state index in [2.05, 4.69) is 37.6 Å². The highest BCUT2D eigenvalue weighted by Gasteiger charge is 2.19. The molecule has 0 heterocycles. The van der Waals surface area contributed by atoms with E-state index in [1.54, 1.807) is 7.11 Å². The lowest BCUT2D eigenvalue weighted by Gasteiger charge is -2.18. The average Bonchev–Trinajstić information content (AvgIpc) is 3.00. The summed E-state index contributed by atoms with van der Waals surface area (Å²) in [7, 11) is 1.71. The fraction of sp³-hybridized carbons (Fsp3) is 0.421. The fourth-order valence-corrected chi connectivity index (χ4v) is 3.11. The van der Waals surface area contributed by atoms with Crippen molar-refractivity contribution >= 4 is 5.57 Å². The Kier molecular flexibility index (Phi) is 4.33. The van der Waals surface area contributed by atoms with Gasteiger partial charge in [0.05, 0.1) is 13.2 Å². The second-order valence-electron chi connectivity index (χ2n) is 5.91. The Bertz CT molecular complexity index is 563. The summed E-state index contributed by atoms with van der Waals surface area (Å²) in [5.74, 6) is 1.72. The van der Waals surface area contributed by atoms with Crippen LogP contribution < -0.4 is 9.47 Å². The van der Waals surface area contributed by atoms with E-state index in [1.807, 2.05) is 6.07 Å². The molecule has 0 unspecified atom stereocenters. The fourth-order valence-electron chi connectivity index (χ4n) is 3.11. The predicted molar refractivity (Wildman–Crippen MR) is 86.5 cm³/mol. The van der Waals surface area contributed by atoms with Gasteiger partial charge < -0.3 is 9.47 Å². The summed E-state index contributed by atoms with van der Waals surface area (Å²) in [6.07, 6.45) is 12.8. The van der Waals surface area contributed by atoms with E-state index < -0.39 is 0 Å². The third kappa shape index (κ3) is 3.31. The van der Waals surface area contributed by atoms with Crippen LogP contribution in [0.3, 0.4) is 0 Å². The molecule has 2 aliphatic carbocycles. The number of methoxy groups -OCH3 is 1. The molecule has 1 aromatic rings. The molecule has 1 aromatic carbocycles. The molecule has 2 aliphatic rings. The molecule has 0 aliphatic heterocycles. The standard InChI is InChI=1S/C19H23O2/c1-14-6-5-7-15(12-14)16-10-11-18(20-2)19(13-16)21-17-8-3-4-9-17/h5-6,10-13,17H,3-4,7-9H2,1-2H3. The lowest BCUT2D eigenvalue weighted by atomic mass is 9.94. The summed E-state index contributed by atoms with van der Waals surface area (Å²) in [6.45, 7) is 2.13. The Hall–Kier alpha value is -1.70. The summed E-state index contributed by atoms with van der Waals surface area (Å²) >= 11 is 0. The van der Waals surface area contributed by atoms with E-state index in [9.17, 15) is 0 Å². The van der Waals surface area contributed by atoms with E-state index in [0.29, 0.717) is 6.10 Å². The molecule has 3 rings (SSSR count). The van der Waals surface area contributed by atoms with Crippen LogP contribution in [0.5, 0.6) is 11.5 Å². The Morgan fingerprint density at radius 1 is 1.10 bits per heavy atom. The first-order valence-corrected chi connectivity index (χ1v) is 7.82. The molecule has 0 atom stereocenters. The van der Waals surface area contributed by atoms with Crippen molar-refractivity contribution in [1.29, 1.82) is 0 Å². The van der Waals surface area contributed by atoms with Gasteiger partial charge in [-0.15, -0.1) is 0 Å². The van der Waals surface area contributed by atoms with Crippen LogP contribution in [0.1, 0.15) is 44.6 Å². The van der Waals surface area contributed by atoms with Crippen molar-refractivity contribution in [2.75, 3.05) is 7.11 Å². The van der Waals surface area contributed by atoms with Gasteiger partial charge in [-0.1, -0.05) is 23.8 Å².